The summed E-state index contributed by atoms with van der Waals surface area (Å²) in [4.78, 5) is 0. The maximum Gasteiger partial charge on any atom is -0.0534 e. The van der Waals surface area contributed by atoms with Crippen molar-refractivity contribution in [3.8, 4) is 0 Å². The standard InChI is InChI=1S/C6H12N.C5H8N2.2CH3.Pt/c7-6-4-2-1-3-5-6;1-6-3-4-7(2)5-6;;;/h6-7H,1-5H2;3-4H,1-2H3;2*1H3;/q-1;;2*-1;. The number of nitrogens with one attached hydrogen (secondary N) is 1. The van der Waals surface area contributed by atoms with Crippen LogP contribution in [0.1, 0.15) is 32.1 Å². The Labute approximate surface area is 117 Å². The van der Waals surface area contributed by atoms with E-state index in [1.165, 1.54) is 23.1 Å². The van der Waals surface area contributed by atoms with Crippen LogP contribution >= 0.6 is 0 Å². The van der Waals surface area contributed by atoms with Gasteiger partial charge in [0.05, 0.1) is 0 Å². The predicted octanol–water partition coefficient (Wildman–Crippen LogP) is 3.71. The van der Waals surface area contributed by atoms with Crippen LogP contribution < -0.4 is 0 Å². The smallest absolute Gasteiger partial charge is 0.0534 e. The van der Waals surface area contributed by atoms with Gasteiger partial charge in [-0.3, -0.25) is 0 Å². The zero-order valence-corrected chi connectivity index (χ0v) is 13.8. The van der Waals surface area contributed by atoms with E-state index in [0.29, 0.717) is 0 Å². The van der Waals surface area contributed by atoms with E-state index in [2.05, 4.69) is 28.5 Å². The molecule has 2 rings (SSSR count). The first-order valence-electron chi connectivity index (χ1n) is 5.45. The SMILES string of the molecule is Cn1ccn(C)[c]1=[Pt].[CH3-].[CH3-].[NH-]C1CCCCC1. The zero-order chi connectivity index (χ0) is 11.3. The average molecular weight is 419 g/mol. The molecule has 0 radical (unpaired) electrons. The molecular formula is C13H26N3Pt-3. The molecule has 0 amide bonds. The van der Waals surface area contributed by atoms with Gasteiger partial charge in [0.15, 0.2) is 0 Å². The second kappa shape index (κ2) is 9.84. The summed E-state index contributed by atoms with van der Waals surface area (Å²) < 4.78 is 5.38. The van der Waals surface area contributed by atoms with Crippen LogP contribution in [0.2, 0.25) is 0 Å². The molecule has 1 aliphatic carbocycles. The summed E-state index contributed by atoms with van der Waals surface area (Å²) >= 11 is 2.27. The summed E-state index contributed by atoms with van der Waals surface area (Å²) in [5.41, 5.74) is 7.27. The third kappa shape index (κ3) is 7.00. The monoisotopic (exact) mass is 419 g/mol. The van der Waals surface area contributed by atoms with Crippen LogP contribution in [0.15, 0.2) is 12.4 Å². The Morgan fingerprint density at radius 1 is 1.06 bits per heavy atom. The molecule has 1 aromatic heterocycles. The molecule has 4 heteroatoms. The summed E-state index contributed by atoms with van der Waals surface area (Å²) in [7, 11) is 4.06. The van der Waals surface area contributed by atoms with Gasteiger partial charge >= 0.3 is 58.8 Å². The third-order valence-electron chi connectivity index (χ3n) is 2.66. The molecule has 0 atom stereocenters. The molecule has 0 saturated heterocycles. The van der Waals surface area contributed by atoms with Gasteiger partial charge < -0.3 is 20.6 Å². The van der Waals surface area contributed by atoms with Crippen molar-refractivity contribution in [1.29, 1.82) is 0 Å². The minimum Gasteiger partial charge on any atom is -0.675 e. The number of aryl methyl sites for hydroxylation is 2. The molecule has 1 aromatic rings. The van der Waals surface area contributed by atoms with Crippen LogP contribution in [-0.2, 0) is 33.4 Å². The number of aromatic nitrogens is 2. The molecule has 1 heterocycles. The van der Waals surface area contributed by atoms with Gasteiger partial charge in [-0.1, -0.05) is 32.1 Å². The maximum absolute atomic E-state index is 7.27. The average Bonchev–Trinajstić information content (AvgIpc) is 2.52. The minimum atomic E-state index is 0. The van der Waals surface area contributed by atoms with Crippen molar-refractivity contribution >= 4 is 0 Å². The summed E-state index contributed by atoms with van der Waals surface area (Å²) in [6, 6.07) is 0.286. The van der Waals surface area contributed by atoms with Gasteiger partial charge in [0.1, 0.15) is 0 Å². The topological polar surface area (TPSA) is 33.7 Å². The van der Waals surface area contributed by atoms with E-state index in [-0.39, 0.29) is 20.9 Å². The predicted molar refractivity (Wildman–Crippen MR) is 71.6 cm³/mol. The van der Waals surface area contributed by atoms with E-state index < -0.39 is 0 Å². The molecule has 106 valence electrons. The molecule has 0 aliphatic heterocycles. The Kier molecular flexibility index (Phi) is 11.1. The van der Waals surface area contributed by atoms with Crippen LogP contribution in [-0.4, -0.2) is 15.2 Å². The van der Waals surface area contributed by atoms with Gasteiger partial charge in [0.25, 0.3) is 0 Å². The molecule has 17 heavy (non-hydrogen) atoms. The van der Waals surface area contributed by atoms with E-state index in [1.54, 1.807) is 0 Å². The van der Waals surface area contributed by atoms with Crippen LogP contribution in [0.25, 0.3) is 5.73 Å². The summed E-state index contributed by atoms with van der Waals surface area (Å²) in [6.07, 6.45) is 10.3. The Hall–Kier alpha value is -0.142. The number of hydrogen-bond acceptors (Lipinski definition) is 0. The van der Waals surface area contributed by atoms with Crippen molar-refractivity contribution in [2.45, 2.75) is 38.1 Å². The summed E-state index contributed by atoms with van der Waals surface area (Å²) in [5, 5.41) is 0. The number of nitrogens with zero attached hydrogens (tertiary/aromatic N) is 2. The van der Waals surface area contributed by atoms with Gasteiger partial charge in [0.2, 0.25) is 0 Å². The molecule has 1 aliphatic rings. The first kappa shape index (κ1) is 19.2. The fraction of sp³-hybridized carbons (Fsp3) is 0.615. The van der Waals surface area contributed by atoms with E-state index >= 15 is 0 Å². The van der Waals surface area contributed by atoms with Crippen molar-refractivity contribution < 1.29 is 19.4 Å². The van der Waals surface area contributed by atoms with Crippen LogP contribution in [0.4, 0.5) is 0 Å². The van der Waals surface area contributed by atoms with E-state index in [4.69, 9.17) is 5.73 Å². The fourth-order valence-electron chi connectivity index (χ4n) is 1.67. The number of rotatable bonds is 0. The molecule has 0 aromatic carbocycles. The largest absolute Gasteiger partial charge is 0.675 e. The van der Waals surface area contributed by atoms with Crippen molar-refractivity contribution in [3.05, 3.63) is 36.8 Å². The second-order valence-corrected chi connectivity index (χ2v) is 5.11. The second-order valence-electron chi connectivity index (χ2n) is 4.10. The van der Waals surface area contributed by atoms with E-state index in [0.717, 1.165) is 12.8 Å². The molecule has 1 fully saturated rings. The van der Waals surface area contributed by atoms with Crippen molar-refractivity contribution in [1.82, 2.24) is 9.13 Å². The zero-order valence-electron chi connectivity index (χ0n) is 11.5. The van der Waals surface area contributed by atoms with Gasteiger partial charge in [-0.2, -0.15) is 0 Å². The van der Waals surface area contributed by atoms with Crippen LogP contribution in [0.3, 0.4) is 0 Å². The Morgan fingerprint density at radius 3 is 1.65 bits per heavy atom. The fourth-order valence-corrected chi connectivity index (χ4v) is 2.00. The normalized spacial score (nSPS) is 15.1. The van der Waals surface area contributed by atoms with Gasteiger partial charge in [-0.15, -0.1) is 6.04 Å². The van der Waals surface area contributed by atoms with E-state index in [9.17, 15) is 0 Å². The van der Waals surface area contributed by atoms with E-state index in [1.807, 2.05) is 26.5 Å². The Balaban J connectivity index is 0. The van der Waals surface area contributed by atoms with Crippen molar-refractivity contribution in [2.24, 2.45) is 14.1 Å². The molecule has 0 bridgehead atoms. The molecule has 1 saturated carbocycles. The summed E-state index contributed by atoms with van der Waals surface area (Å²) in [6.45, 7) is 0. The summed E-state index contributed by atoms with van der Waals surface area (Å²) in [5.74, 6) is 0. The maximum atomic E-state index is 7.27. The van der Waals surface area contributed by atoms with Crippen LogP contribution in [0.5, 0.6) is 0 Å². The Morgan fingerprint density at radius 2 is 1.47 bits per heavy atom. The number of hydrogen-bond donors (Lipinski definition) is 0. The first-order chi connectivity index (χ1) is 7.11. The van der Waals surface area contributed by atoms with Crippen molar-refractivity contribution in [2.75, 3.05) is 0 Å². The third-order valence-corrected chi connectivity index (χ3v) is 4.26. The minimum absolute atomic E-state index is 0. The molecule has 0 spiro atoms. The molecular weight excluding hydrogens is 393 g/mol. The van der Waals surface area contributed by atoms with Gasteiger partial charge in [-0.25, -0.2) is 0 Å². The Bertz CT molecular complexity index is 312. The first-order valence-corrected chi connectivity index (χ1v) is 6.59. The quantitative estimate of drug-likeness (QED) is 0.575. The van der Waals surface area contributed by atoms with Gasteiger partial charge in [-0.05, 0) is 0 Å². The molecule has 1 N–H and O–H groups in total. The van der Waals surface area contributed by atoms with Crippen molar-refractivity contribution in [3.63, 3.8) is 0 Å². The number of imidazole rings is 1. The molecule has 3 nitrogen and oxygen atoms in total. The molecule has 0 unspecified atom stereocenters. The van der Waals surface area contributed by atoms with Crippen LogP contribution in [0, 0.1) is 18.7 Å². The van der Waals surface area contributed by atoms with Gasteiger partial charge in [0, 0.05) is 0 Å².